The molecule has 2 nitrogen and oxygen atoms in total. The molecule has 2 N–H and O–H groups in total. The molecule has 1 heterocycles. The number of nitrogen functional groups attached to an aromatic ring is 1. The smallest absolute Gasteiger partial charge is 0.0468 e. The molecule has 1 atom stereocenters. The normalized spacial score (nSPS) is 18.9. The Morgan fingerprint density at radius 3 is 2.55 bits per heavy atom. The highest BCUT2D eigenvalue weighted by Gasteiger charge is 2.26. The Balaban J connectivity index is 2.12. The first kappa shape index (κ1) is 13.7. The van der Waals surface area contributed by atoms with E-state index >= 15 is 0 Å². The average Bonchev–Trinajstić information content (AvgIpc) is 2.40. The summed E-state index contributed by atoms with van der Waals surface area (Å²) < 4.78 is 0. The van der Waals surface area contributed by atoms with Gasteiger partial charge in [-0.1, -0.05) is 35.3 Å². The van der Waals surface area contributed by atoms with E-state index in [4.69, 9.17) is 28.9 Å². The Bertz CT molecular complexity index is 638. The predicted octanol–water partition coefficient (Wildman–Crippen LogP) is 4.15. The second-order valence-corrected chi connectivity index (χ2v) is 6.22. The number of halogens is 2. The highest BCUT2D eigenvalue weighted by Crippen LogP contribution is 2.38. The van der Waals surface area contributed by atoms with Crippen molar-refractivity contribution in [1.82, 2.24) is 4.90 Å². The van der Waals surface area contributed by atoms with Crippen molar-refractivity contribution in [3.05, 3.63) is 63.1 Å². The van der Waals surface area contributed by atoms with Crippen LogP contribution in [0.1, 0.15) is 22.6 Å². The van der Waals surface area contributed by atoms with Crippen LogP contribution in [0.3, 0.4) is 0 Å². The molecule has 0 fully saturated rings. The largest absolute Gasteiger partial charge is 0.399 e. The number of anilines is 1. The van der Waals surface area contributed by atoms with E-state index < -0.39 is 0 Å². The van der Waals surface area contributed by atoms with Crippen molar-refractivity contribution in [3.63, 3.8) is 0 Å². The molecule has 3 rings (SSSR count). The van der Waals surface area contributed by atoms with Gasteiger partial charge in [-0.05, 0) is 48.0 Å². The molecule has 104 valence electrons. The quantitative estimate of drug-likeness (QED) is 0.802. The predicted molar refractivity (Wildman–Crippen MR) is 85.5 cm³/mol. The highest BCUT2D eigenvalue weighted by atomic mass is 35.5. The zero-order valence-electron chi connectivity index (χ0n) is 11.2. The molecule has 0 saturated heterocycles. The monoisotopic (exact) mass is 306 g/mol. The molecule has 1 aliphatic rings. The fourth-order valence-electron chi connectivity index (χ4n) is 2.86. The summed E-state index contributed by atoms with van der Waals surface area (Å²) in [5.41, 5.74) is 10.2. The van der Waals surface area contributed by atoms with Gasteiger partial charge in [0, 0.05) is 34.7 Å². The molecule has 0 radical (unpaired) electrons. The van der Waals surface area contributed by atoms with Crippen LogP contribution in [0.2, 0.25) is 10.0 Å². The van der Waals surface area contributed by atoms with E-state index in [0.717, 1.165) is 23.8 Å². The summed E-state index contributed by atoms with van der Waals surface area (Å²) in [6.45, 7) is 1.81. The summed E-state index contributed by atoms with van der Waals surface area (Å²) in [7, 11) is 2.11. The van der Waals surface area contributed by atoms with E-state index in [1.54, 1.807) is 0 Å². The molecule has 0 bridgehead atoms. The van der Waals surface area contributed by atoms with Gasteiger partial charge in [0.2, 0.25) is 0 Å². The lowest BCUT2D eigenvalue weighted by Gasteiger charge is -2.33. The third-order valence-corrected chi connectivity index (χ3v) is 4.39. The number of nitrogens with two attached hydrogens (primary N) is 1. The summed E-state index contributed by atoms with van der Waals surface area (Å²) >= 11 is 12.5. The van der Waals surface area contributed by atoms with Crippen LogP contribution in [-0.2, 0) is 6.54 Å². The lowest BCUT2D eigenvalue weighted by atomic mass is 9.85. The van der Waals surface area contributed by atoms with E-state index in [-0.39, 0.29) is 5.92 Å². The van der Waals surface area contributed by atoms with Crippen molar-refractivity contribution in [1.29, 1.82) is 0 Å². The molecule has 1 aliphatic heterocycles. The fraction of sp³-hybridized carbons (Fsp3) is 0.250. The maximum atomic E-state index is 6.36. The summed E-state index contributed by atoms with van der Waals surface area (Å²) in [4.78, 5) is 2.28. The number of fused-ring (bicyclic) bond motifs is 1. The molecule has 0 aliphatic carbocycles. The third kappa shape index (κ3) is 2.51. The van der Waals surface area contributed by atoms with Gasteiger partial charge in [-0.25, -0.2) is 0 Å². The minimum atomic E-state index is 0.278. The number of rotatable bonds is 1. The SMILES string of the molecule is CN1Cc2c(Cl)cc(Cl)cc2[C@@H](c2ccc(N)cc2)C1. The fourth-order valence-corrected chi connectivity index (χ4v) is 3.43. The van der Waals surface area contributed by atoms with Gasteiger partial charge in [0.15, 0.2) is 0 Å². The summed E-state index contributed by atoms with van der Waals surface area (Å²) in [6, 6.07) is 11.9. The summed E-state index contributed by atoms with van der Waals surface area (Å²) in [5.74, 6) is 0.278. The number of likely N-dealkylation sites (N-methyl/N-ethyl adjacent to an activating group) is 1. The van der Waals surface area contributed by atoms with Crippen molar-refractivity contribution >= 4 is 28.9 Å². The Kier molecular flexibility index (Phi) is 3.63. The molecular weight excluding hydrogens is 291 g/mol. The third-order valence-electron chi connectivity index (χ3n) is 3.83. The molecule has 0 amide bonds. The number of hydrogen-bond donors (Lipinski definition) is 1. The van der Waals surface area contributed by atoms with Gasteiger partial charge in [0.1, 0.15) is 0 Å². The Morgan fingerprint density at radius 1 is 1.15 bits per heavy atom. The zero-order chi connectivity index (χ0) is 14.3. The molecule has 20 heavy (non-hydrogen) atoms. The molecular formula is C16H16Cl2N2. The van der Waals surface area contributed by atoms with Gasteiger partial charge in [-0.2, -0.15) is 0 Å². The van der Waals surface area contributed by atoms with Crippen LogP contribution < -0.4 is 5.73 Å². The number of nitrogens with zero attached hydrogens (tertiary/aromatic N) is 1. The lowest BCUT2D eigenvalue weighted by Crippen LogP contribution is -2.31. The first-order valence-corrected chi connectivity index (χ1v) is 7.32. The van der Waals surface area contributed by atoms with Gasteiger partial charge < -0.3 is 10.6 Å². The average molecular weight is 307 g/mol. The van der Waals surface area contributed by atoms with Crippen molar-refractivity contribution in [2.75, 3.05) is 19.3 Å². The lowest BCUT2D eigenvalue weighted by molar-refractivity contribution is 0.295. The standard InChI is InChI=1S/C16H16Cl2N2/c1-20-8-14(10-2-4-12(19)5-3-10)13-6-11(17)7-16(18)15(13)9-20/h2-7,14H,8-9,19H2,1H3/t14-/m1/s1. The van der Waals surface area contributed by atoms with Crippen LogP contribution >= 0.6 is 23.2 Å². The maximum absolute atomic E-state index is 6.36. The van der Waals surface area contributed by atoms with Crippen molar-refractivity contribution in [3.8, 4) is 0 Å². The molecule has 0 saturated carbocycles. The Labute approximate surface area is 129 Å². The van der Waals surface area contributed by atoms with Crippen LogP contribution in [0.4, 0.5) is 5.69 Å². The van der Waals surface area contributed by atoms with E-state index in [2.05, 4.69) is 24.1 Å². The van der Waals surface area contributed by atoms with Gasteiger partial charge >= 0.3 is 0 Å². The Morgan fingerprint density at radius 2 is 1.85 bits per heavy atom. The van der Waals surface area contributed by atoms with Crippen molar-refractivity contribution in [2.24, 2.45) is 0 Å². The first-order valence-electron chi connectivity index (χ1n) is 6.56. The van der Waals surface area contributed by atoms with Gasteiger partial charge in [-0.3, -0.25) is 0 Å². The maximum Gasteiger partial charge on any atom is 0.0468 e. The molecule has 0 spiro atoms. The highest BCUT2D eigenvalue weighted by molar-refractivity contribution is 6.35. The number of hydrogen-bond acceptors (Lipinski definition) is 2. The molecule has 0 unspecified atom stereocenters. The Hall–Kier alpha value is -1.22. The summed E-state index contributed by atoms with van der Waals surface area (Å²) in [5, 5.41) is 1.44. The molecule has 4 heteroatoms. The van der Waals surface area contributed by atoms with E-state index in [9.17, 15) is 0 Å². The van der Waals surface area contributed by atoms with Crippen molar-refractivity contribution < 1.29 is 0 Å². The topological polar surface area (TPSA) is 29.3 Å². The van der Waals surface area contributed by atoms with E-state index in [1.165, 1.54) is 16.7 Å². The first-order chi connectivity index (χ1) is 9.54. The van der Waals surface area contributed by atoms with Gasteiger partial charge in [0.05, 0.1) is 0 Å². The second-order valence-electron chi connectivity index (χ2n) is 5.37. The number of benzene rings is 2. The van der Waals surface area contributed by atoms with E-state index in [1.807, 2.05) is 24.3 Å². The van der Waals surface area contributed by atoms with Crippen molar-refractivity contribution in [2.45, 2.75) is 12.5 Å². The van der Waals surface area contributed by atoms with Gasteiger partial charge in [-0.15, -0.1) is 0 Å². The molecule has 2 aromatic rings. The zero-order valence-corrected chi connectivity index (χ0v) is 12.7. The minimum absolute atomic E-state index is 0.278. The minimum Gasteiger partial charge on any atom is -0.399 e. The van der Waals surface area contributed by atoms with Crippen LogP contribution in [0.25, 0.3) is 0 Å². The molecule has 0 aromatic heterocycles. The van der Waals surface area contributed by atoms with Crippen LogP contribution in [-0.4, -0.2) is 18.5 Å². The van der Waals surface area contributed by atoms with E-state index in [0.29, 0.717) is 5.02 Å². The van der Waals surface area contributed by atoms with Crippen LogP contribution in [0.15, 0.2) is 36.4 Å². The second kappa shape index (κ2) is 5.28. The van der Waals surface area contributed by atoms with Gasteiger partial charge in [0.25, 0.3) is 0 Å². The summed E-state index contributed by atoms with van der Waals surface area (Å²) in [6.07, 6.45) is 0. The van der Waals surface area contributed by atoms with Crippen LogP contribution in [0.5, 0.6) is 0 Å². The van der Waals surface area contributed by atoms with Crippen LogP contribution in [0, 0.1) is 0 Å². The molecule has 2 aromatic carbocycles.